The predicted molar refractivity (Wildman–Crippen MR) is 158 cm³/mol. The normalized spacial score (nSPS) is 22.7. The molecule has 2 fully saturated rings. The smallest absolute Gasteiger partial charge is 0.211 e. The second-order valence-electron chi connectivity index (χ2n) is 11.5. The van der Waals surface area contributed by atoms with Crippen molar-refractivity contribution in [3.8, 4) is 28.0 Å². The maximum absolute atomic E-state index is 15.0. The molecular formula is C31H35ClFN5O2. The molecule has 0 bridgehead atoms. The maximum Gasteiger partial charge on any atom is 0.211 e. The molecule has 9 heteroatoms. The van der Waals surface area contributed by atoms with Gasteiger partial charge < -0.3 is 24.9 Å². The highest BCUT2D eigenvalue weighted by Gasteiger charge is 2.50. The van der Waals surface area contributed by atoms with E-state index in [1.54, 1.807) is 53.6 Å². The van der Waals surface area contributed by atoms with Crippen LogP contribution in [0.15, 0.2) is 55.0 Å². The molecule has 2 aromatic carbocycles. The van der Waals surface area contributed by atoms with Crippen LogP contribution in [0.25, 0.3) is 22.3 Å². The van der Waals surface area contributed by atoms with Gasteiger partial charge in [0.05, 0.1) is 22.1 Å². The second kappa shape index (κ2) is 9.94. The highest BCUT2D eigenvalue weighted by atomic mass is 35.5. The molecule has 0 radical (unpaired) electrons. The van der Waals surface area contributed by atoms with Crippen LogP contribution < -0.4 is 9.80 Å². The van der Waals surface area contributed by atoms with E-state index >= 15 is 4.39 Å². The molecule has 3 aliphatic heterocycles. The summed E-state index contributed by atoms with van der Waals surface area (Å²) in [5.74, 6) is -0.502. The van der Waals surface area contributed by atoms with Crippen molar-refractivity contribution >= 4 is 23.0 Å². The van der Waals surface area contributed by atoms with Gasteiger partial charge in [0, 0.05) is 73.5 Å². The lowest BCUT2D eigenvalue weighted by atomic mass is 9.82. The lowest BCUT2D eigenvalue weighted by Gasteiger charge is -2.53. The van der Waals surface area contributed by atoms with Crippen molar-refractivity contribution in [3.05, 3.63) is 71.5 Å². The number of pyridine rings is 1. The van der Waals surface area contributed by atoms with Gasteiger partial charge in [-0.15, -0.1) is 0 Å². The molecule has 0 amide bonds. The van der Waals surface area contributed by atoms with E-state index in [1.165, 1.54) is 18.6 Å². The molecule has 6 rings (SSSR count). The van der Waals surface area contributed by atoms with Gasteiger partial charge in [-0.05, 0) is 69.5 Å². The van der Waals surface area contributed by atoms with Crippen molar-refractivity contribution in [2.45, 2.75) is 51.5 Å². The molecule has 2 atom stereocenters. The van der Waals surface area contributed by atoms with Crippen molar-refractivity contribution in [2.24, 2.45) is 0 Å². The van der Waals surface area contributed by atoms with Gasteiger partial charge in [0.2, 0.25) is 6.35 Å². The summed E-state index contributed by atoms with van der Waals surface area (Å²) in [7, 11) is 1.76. The Labute approximate surface area is 239 Å². The van der Waals surface area contributed by atoms with Crippen LogP contribution in [0.5, 0.6) is 5.75 Å². The average molecular weight is 564 g/mol. The number of rotatable bonds is 5. The maximum atomic E-state index is 15.0. The molecule has 2 saturated heterocycles. The minimum atomic E-state index is -0.871. The van der Waals surface area contributed by atoms with Crippen LogP contribution in [-0.4, -0.2) is 69.6 Å². The van der Waals surface area contributed by atoms with Crippen molar-refractivity contribution < 1.29 is 14.6 Å². The third-order valence-corrected chi connectivity index (χ3v) is 9.08. The number of hydrogen-bond acceptors (Lipinski definition) is 7. The summed E-state index contributed by atoms with van der Waals surface area (Å²) in [4.78, 5) is 12.9. The molecule has 3 aromatic rings. The zero-order chi connectivity index (χ0) is 28.3. The van der Waals surface area contributed by atoms with Crippen molar-refractivity contribution in [3.63, 3.8) is 0 Å². The number of aliphatic hydroxyl groups is 1. The van der Waals surface area contributed by atoms with Gasteiger partial charge in [0.25, 0.3) is 0 Å². The Morgan fingerprint density at radius 2 is 1.75 bits per heavy atom. The first-order chi connectivity index (χ1) is 19.1. The number of halogens is 2. The Bertz CT molecular complexity index is 1500. The fraction of sp³-hybridized carbons (Fsp3) is 0.387. The Kier molecular flexibility index (Phi) is 6.68. The number of aryl methyl sites for hydroxylation is 1. The van der Waals surface area contributed by atoms with E-state index in [1.807, 2.05) is 13.0 Å². The molecule has 3 aliphatic rings. The number of aliphatic hydroxyl groups excluding tert-OH is 1. The van der Waals surface area contributed by atoms with Crippen molar-refractivity contribution in [1.29, 1.82) is 0 Å². The number of aromatic nitrogens is 1. The molecule has 0 aliphatic carbocycles. The monoisotopic (exact) mass is 563 g/mol. The number of phenolic OH excluding ortho intramolecular Hbond substituents is 1. The number of hydrogen-bond donors (Lipinski definition) is 2. The minimum absolute atomic E-state index is 0.0366. The first-order valence-electron chi connectivity index (χ1n) is 13.8. The highest BCUT2D eigenvalue weighted by molar-refractivity contribution is 6.33. The third-order valence-electron chi connectivity index (χ3n) is 8.78. The first-order valence-corrected chi connectivity index (χ1v) is 14.1. The Balaban J connectivity index is 1.33. The van der Waals surface area contributed by atoms with E-state index in [0.717, 1.165) is 37.4 Å². The van der Waals surface area contributed by atoms with Gasteiger partial charge in [0.15, 0.2) is 0 Å². The van der Waals surface area contributed by atoms with Gasteiger partial charge in [-0.3, -0.25) is 9.88 Å². The standard InChI is InChI=1S/C31H35ClFN5O2/c1-19(2)38-10-8-31(38)7-9-36(18-31)28-14-22(17-34-20(28)3)25-16-23(33)15-24(29(25)39)21-5-6-27(26(32)13-21)37-12-11-35(4)30(37)40/h5-6,11-17,19,30,39-40H,7-10,18H2,1-4H3. The minimum Gasteiger partial charge on any atom is -0.507 e. The SMILES string of the molecule is Cc1ncc(-c2cc(F)cc(-c3ccc(N4C=CN(C)C4O)c(Cl)c3)c2O)cc1N1CCC2(CCN2C(C)C)C1. The summed E-state index contributed by atoms with van der Waals surface area (Å²) in [6.07, 6.45) is 6.62. The quantitative estimate of drug-likeness (QED) is 0.408. The fourth-order valence-corrected chi connectivity index (χ4v) is 6.79. The number of benzene rings is 2. The largest absolute Gasteiger partial charge is 0.507 e. The highest BCUT2D eigenvalue weighted by Crippen LogP contribution is 2.45. The van der Waals surface area contributed by atoms with Crippen LogP contribution in [-0.2, 0) is 0 Å². The molecule has 2 unspecified atom stereocenters. The van der Waals surface area contributed by atoms with Gasteiger partial charge in [0.1, 0.15) is 11.6 Å². The van der Waals surface area contributed by atoms with Crippen LogP contribution in [0.2, 0.25) is 5.02 Å². The van der Waals surface area contributed by atoms with Crippen molar-refractivity contribution in [2.75, 3.05) is 36.5 Å². The van der Waals surface area contributed by atoms with E-state index < -0.39 is 12.2 Å². The van der Waals surface area contributed by atoms with E-state index in [4.69, 9.17) is 11.6 Å². The number of likely N-dealkylation sites (tertiary alicyclic amines) is 1. The van der Waals surface area contributed by atoms with Crippen LogP contribution in [0.4, 0.5) is 15.8 Å². The molecule has 210 valence electrons. The number of aromatic hydroxyl groups is 1. The Hall–Kier alpha value is -3.33. The summed E-state index contributed by atoms with van der Waals surface area (Å²) < 4.78 is 15.0. The van der Waals surface area contributed by atoms with Crippen molar-refractivity contribution in [1.82, 2.24) is 14.8 Å². The molecule has 40 heavy (non-hydrogen) atoms. The first kappa shape index (κ1) is 26.9. The summed E-state index contributed by atoms with van der Waals surface area (Å²) >= 11 is 6.60. The average Bonchev–Trinajstić information content (AvgIpc) is 3.50. The number of nitrogens with zero attached hydrogens (tertiary/aromatic N) is 5. The molecule has 2 N–H and O–H groups in total. The summed E-state index contributed by atoms with van der Waals surface area (Å²) in [6, 6.07) is 10.4. The van der Waals surface area contributed by atoms with Crippen LogP contribution in [0.1, 0.15) is 32.4 Å². The summed E-state index contributed by atoms with van der Waals surface area (Å²) in [5, 5.41) is 22.2. The van der Waals surface area contributed by atoms with Gasteiger partial charge in [-0.25, -0.2) is 4.39 Å². The van der Waals surface area contributed by atoms with Crippen LogP contribution in [0, 0.1) is 12.7 Å². The van der Waals surface area contributed by atoms with E-state index in [0.29, 0.717) is 39.0 Å². The van der Waals surface area contributed by atoms with E-state index in [-0.39, 0.29) is 11.3 Å². The molecule has 7 nitrogen and oxygen atoms in total. The van der Waals surface area contributed by atoms with Crippen LogP contribution in [0.3, 0.4) is 0 Å². The molecular weight excluding hydrogens is 529 g/mol. The van der Waals surface area contributed by atoms with E-state index in [2.05, 4.69) is 28.6 Å². The molecule has 1 spiro atoms. The zero-order valence-electron chi connectivity index (χ0n) is 23.3. The zero-order valence-corrected chi connectivity index (χ0v) is 24.0. The second-order valence-corrected chi connectivity index (χ2v) is 11.9. The van der Waals surface area contributed by atoms with Gasteiger partial charge in [-0.1, -0.05) is 17.7 Å². The number of anilines is 2. The summed E-state index contributed by atoms with van der Waals surface area (Å²) in [6.45, 7) is 9.53. The topological polar surface area (TPSA) is 66.3 Å². The molecule has 4 heterocycles. The Morgan fingerprint density at radius 3 is 2.38 bits per heavy atom. The molecule has 1 aromatic heterocycles. The van der Waals surface area contributed by atoms with E-state index in [9.17, 15) is 10.2 Å². The third kappa shape index (κ3) is 4.39. The number of phenols is 1. The summed E-state index contributed by atoms with van der Waals surface area (Å²) in [5.41, 5.74) is 4.69. The van der Waals surface area contributed by atoms with Gasteiger partial charge >= 0.3 is 0 Å². The Morgan fingerprint density at radius 1 is 1.02 bits per heavy atom. The predicted octanol–water partition coefficient (Wildman–Crippen LogP) is 5.78. The van der Waals surface area contributed by atoms with Crippen LogP contribution >= 0.6 is 11.6 Å². The lowest BCUT2D eigenvalue weighted by Crippen LogP contribution is -2.63. The lowest BCUT2D eigenvalue weighted by molar-refractivity contribution is -0.0237. The fourth-order valence-electron chi connectivity index (χ4n) is 6.51. The van der Waals surface area contributed by atoms with Gasteiger partial charge in [-0.2, -0.15) is 0 Å². The molecule has 0 saturated carbocycles.